The van der Waals surface area contributed by atoms with Crippen LogP contribution in [0.5, 0.6) is 0 Å². The minimum atomic E-state index is -0.243. The Morgan fingerprint density at radius 2 is 2.15 bits per heavy atom. The topological polar surface area (TPSA) is 51.7 Å². The van der Waals surface area contributed by atoms with Crippen molar-refractivity contribution in [1.29, 1.82) is 0 Å². The molecule has 1 spiro atoms. The second-order valence-electron chi connectivity index (χ2n) is 5.61. The molecule has 3 rings (SSSR count). The first-order valence-electron chi connectivity index (χ1n) is 7.07. The number of pyridine rings is 1. The predicted molar refractivity (Wildman–Crippen MR) is 73.4 cm³/mol. The van der Waals surface area contributed by atoms with E-state index in [1.807, 2.05) is 24.0 Å². The fourth-order valence-electron chi connectivity index (χ4n) is 2.92. The second-order valence-corrected chi connectivity index (χ2v) is 5.61. The Morgan fingerprint density at radius 1 is 1.35 bits per heavy atom. The van der Waals surface area contributed by atoms with Crippen molar-refractivity contribution < 1.29 is 14.3 Å². The molecule has 20 heavy (non-hydrogen) atoms. The van der Waals surface area contributed by atoms with Gasteiger partial charge in [-0.3, -0.25) is 9.78 Å². The number of amides is 1. The lowest BCUT2D eigenvalue weighted by molar-refractivity contribution is -0.148. The molecule has 2 fully saturated rings. The van der Waals surface area contributed by atoms with Crippen molar-refractivity contribution in [3.8, 4) is 0 Å². The van der Waals surface area contributed by atoms with E-state index in [9.17, 15) is 4.79 Å². The summed E-state index contributed by atoms with van der Waals surface area (Å²) < 4.78 is 11.1. The first kappa shape index (κ1) is 13.5. The number of morpholine rings is 1. The highest BCUT2D eigenvalue weighted by Gasteiger charge is 2.45. The average molecular weight is 276 g/mol. The lowest BCUT2D eigenvalue weighted by Gasteiger charge is -2.43. The molecule has 1 amide bonds. The normalized spacial score (nSPS) is 26.1. The Morgan fingerprint density at radius 3 is 2.85 bits per heavy atom. The molecule has 0 N–H and O–H groups in total. The second kappa shape index (κ2) is 5.50. The maximum absolute atomic E-state index is 12.6. The largest absolute Gasteiger partial charge is 0.379 e. The van der Waals surface area contributed by atoms with Crippen LogP contribution < -0.4 is 0 Å². The number of hydrogen-bond acceptors (Lipinski definition) is 4. The fraction of sp³-hybridized carbons (Fsp3) is 0.600. The summed E-state index contributed by atoms with van der Waals surface area (Å²) in [5, 5.41) is 0. The maximum Gasteiger partial charge on any atom is 0.227 e. The van der Waals surface area contributed by atoms with Crippen LogP contribution in [0.4, 0.5) is 0 Å². The van der Waals surface area contributed by atoms with E-state index in [1.54, 1.807) is 6.20 Å². The van der Waals surface area contributed by atoms with Crippen molar-refractivity contribution >= 4 is 5.91 Å². The van der Waals surface area contributed by atoms with Crippen LogP contribution in [0.3, 0.4) is 0 Å². The van der Waals surface area contributed by atoms with E-state index < -0.39 is 0 Å². The molecular weight excluding hydrogens is 256 g/mol. The summed E-state index contributed by atoms with van der Waals surface area (Å²) in [5.41, 5.74) is 1.68. The zero-order chi connectivity index (χ0) is 14.0. The molecule has 2 aliphatic rings. The molecule has 0 radical (unpaired) electrons. The van der Waals surface area contributed by atoms with Crippen LogP contribution in [-0.2, 0) is 20.7 Å². The van der Waals surface area contributed by atoms with Gasteiger partial charge in [-0.25, -0.2) is 0 Å². The summed E-state index contributed by atoms with van der Waals surface area (Å²) in [4.78, 5) is 18.8. The van der Waals surface area contributed by atoms with Crippen LogP contribution >= 0.6 is 0 Å². The standard InChI is InChI=1S/C15H20N2O3/c1-12-2-3-13(9-16-12)8-14(18)17-5-7-20-11-15(17)4-6-19-10-15/h2-3,9H,4-8,10-11H2,1H3/t15-/m1/s1. The number of nitrogens with zero attached hydrogens (tertiary/aromatic N) is 2. The molecule has 5 heteroatoms. The van der Waals surface area contributed by atoms with Gasteiger partial charge in [0, 0.05) is 25.0 Å². The highest BCUT2D eigenvalue weighted by atomic mass is 16.5. The van der Waals surface area contributed by atoms with Gasteiger partial charge in [0.15, 0.2) is 0 Å². The zero-order valence-electron chi connectivity index (χ0n) is 11.8. The van der Waals surface area contributed by atoms with Crippen molar-refractivity contribution in [1.82, 2.24) is 9.88 Å². The molecule has 0 bridgehead atoms. The van der Waals surface area contributed by atoms with E-state index in [0.717, 1.165) is 17.7 Å². The molecule has 2 saturated heterocycles. The highest BCUT2D eigenvalue weighted by molar-refractivity contribution is 5.79. The van der Waals surface area contributed by atoms with Gasteiger partial charge < -0.3 is 14.4 Å². The number of rotatable bonds is 2. The van der Waals surface area contributed by atoms with Crippen LogP contribution in [0.1, 0.15) is 17.7 Å². The van der Waals surface area contributed by atoms with E-state index >= 15 is 0 Å². The smallest absolute Gasteiger partial charge is 0.227 e. The van der Waals surface area contributed by atoms with Gasteiger partial charge in [0.25, 0.3) is 0 Å². The number of aryl methyl sites for hydroxylation is 1. The summed E-state index contributed by atoms with van der Waals surface area (Å²) in [6.45, 7) is 5.09. The van der Waals surface area contributed by atoms with Gasteiger partial charge >= 0.3 is 0 Å². The molecule has 2 aliphatic heterocycles. The first-order chi connectivity index (χ1) is 9.70. The van der Waals surface area contributed by atoms with Crippen molar-refractivity contribution in [3.05, 3.63) is 29.6 Å². The Hall–Kier alpha value is -1.46. The van der Waals surface area contributed by atoms with Gasteiger partial charge in [-0.05, 0) is 25.0 Å². The molecule has 1 aromatic heterocycles. The Kier molecular flexibility index (Phi) is 3.72. The quantitative estimate of drug-likeness (QED) is 0.807. The minimum absolute atomic E-state index is 0.143. The molecule has 0 unspecified atom stereocenters. The van der Waals surface area contributed by atoms with Gasteiger partial charge in [0.05, 0.1) is 31.8 Å². The van der Waals surface area contributed by atoms with Crippen LogP contribution in [-0.4, -0.2) is 54.3 Å². The van der Waals surface area contributed by atoms with Crippen LogP contribution in [0.15, 0.2) is 18.3 Å². The van der Waals surface area contributed by atoms with E-state index in [2.05, 4.69) is 4.98 Å². The molecule has 108 valence electrons. The number of carbonyl (C=O) groups excluding carboxylic acids is 1. The third-order valence-corrected chi connectivity index (χ3v) is 4.11. The third kappa shape index (κ3) is 2.55. The van der Waals surface area contributed by atoms with E-state index in [0.29, 0.717) is 39.4 Å². The first-order valence-corrected chi connectivity index (χ1v) is 7.07. The number of ether oxygens (including phenoxy) is 2. The van der Waals surface area contributed by atoms with Crippen molar-refractivity contribution in [2.75, 3.05) is 33.0 Å². The lowest BCUT2D eigenvalue weighted by Crippen LogP contribution is -2.60. The van der Waals surface area contributed by atoms with Crippen molar-refractivity contribution in [3.63, 3.8) is 0 Å². The maximum atomic E-state index is 12.6. The minimum Gasteiger partial charge on any atom is -0.379 e. The Balaban J connectivity index is 1.73. The molecule has 1 aromatic rings. The summed E-state index contributed by atoms with van der Waals surface area (Å²) >= 11 is 0. The Labute approximate surface area is 118 Å². The van der Waals surface area contributed by atoms with Crippen molar-refractivity contribution in [2.24, 2.45) is 0 Å². The number of aromatic nitrogens is 1. The van der Waals surface area contributed by atoms with Gasteiger partial charge in [-0.2, -0.15) is 0 Å². The van der Waals surface area contributed by atoms with E-state index in [-0.39, 0.29) is 11.4 Å². The van der Waals surface area contributed by atoms with Gasteiger partial charge in [-0.1, -0.05) is 6.07 Å². The number of hydrogen-bond donors (Lipinski definition) is 0. The molecule has 5 nitrogen and oxygen atoms in total. The molecule has 0 saturated carbocycles. The summed E-state index contributed by atoms with van der Waals surface area (Å²) in [6, 6.07) is 3.91. The molecule has 3 heterocycles. The van der Waals surface area contributed by atoms with Crippen LogP contribution in [0.2, 0.25) is 0 Å². The van der Waals surface area contributed by atoms with Gasteiger partial charge in [-0.15, -0.1) is 0 Å². The molecule has 1 atom stereocenters. The average Bonchev–Trinajstić information content (AvgIpc) is 2.90. The molecule has 0 aromatic carbocycles. The number of carbonyl (C=O) groups is 1. The van der Waals surface area contributed by atoms with E-state index in [1.165, 1.54) is 0 Å². The highest BCUT2D eigenvalue weighted by Crippen LogP contribution is 2.29. The SMILES string of the molecule is Cc1ccc(CC(=O)N2CCOC[C@]23CCOC3)cn1. The fourth-order valence-corrected chi connectivity index (χ4v) is 2.92. The van der Waals surface area contributed by atoms with Gasteiger partial charge in [0.1, 0.15) is 0 Å². The van der Waals surface area contributed by atoms with Crippen molar-refractivity contribution in [2.45, 2.75) is 25.3 Å². The lowest BCUT2D eigenvalue weighted by atomic mass is 9.95. The summed E-state index contributed by atoms with van der Waals surface area (Å²) in [6.07, 6.45) is 3.05. The third-order valence-electron chi connectivity index (χ3n) is 4.11. The van der Waals surface area contributed by atoms with Crippen LogP contribution in [0.25, 0.3) is 0 Å². The molecular formula is C15H20N2O3. The van der Waals surface area contributed by atoms with Crippen LogP contribution in [0, 0.1) is 6.92 Å². The summed E-state index contributed by atoms with van der Waals surface area (Å²) in [5.74, 6) is 0.143. The zero-order valence-corrected chi connectivity index (χ0v) is 11.8. The van der Waals surface area contributed by atoms with E-state index in [4.69, 9.17) is 9.47 Å². The van der Waals surface area contributed by atoms with Gasteiger partial charge in [0.2, 0.25) is 5.91 Å². The summed E-state index contributed by atoms with van der Waals surface area (Å²) in [7, 11) is 0. The molecule has 0 aliphatic carbocycles. The Bertz CT molecular complexity index is 480. The predicted octanol–water partition coefficient (Wildman–Crippen LogP) is 0.950. The monoisotopic (exact) mass is 276 g/mol.